The summed E-state index contributed by atoms with van der Waals surface area (Å²) in [7, 11) is 0. The second-order valence-corrected chi connectivity index (χ2v) is 6.35. The Hall–Kier alpha value is -1.55. The Morgan fingerprint density at radius 2 is 1.62 bits per heavy atom. The first-order valence-electron chi connectivity index (χ1n) is 8.07. The predicted octanol–water partition coefficient (Wildman–Crippen LogP) is 4.77. The monoisotopic (exact) mass is 364 g/mol. The first-order chi connectivity index (χ1) is 11.5. The lowest BCUT2D eigenvalue weighted by molar-refractivity contribution is 0.0951. The van der Waals surface area contributed by atoms with E-state index in [0.29, 0.717) is 17.1 Å². The molecule has 0 saturated carbocycles. The summed E-state index contributed by atoms with van der Waals surface area (Å²) in [4.78, 5) is 14.6. The van der Waals surface area contributed by atoms with Crippen LogP contribution in [0, 0.1) is 0 Å². The fraction of sp³-hybridized carbons (Fsp3) is 0.316. The van der Waals surface area contributed by atoms with Gasteiger partial charge in [0.2, 0.25) is 0 Å². The van der Waals surface area contributed by atoms with Crippen LogP contribution >= 0.6 is 23.2 Å². The molecule has 2 rings (SSSR count). The summed E-state index contributed by atoms with van der Waals surface area (Å²) in [5, 5.41) is 3.54. The molecule has 2 aromatic carbocycles. The Kier molecular flexibility index (Phi) is 7.10. The van der Waals surface area contributed by atoms with Gasteiger partial charge < -0.3 is 5.32 Å². The minimum absolute atomic E-state index is 0.227. The lowest BCUT2D eigenvalue weighted by Crippen LogP contribution is -2.23. The van der Waals surface area contributed by atoms with Gasteiger partial charge in [0.25, 0.3) is 5.91 Å². The van der Waals surface area contributed by atoms with Gasteiger partial charge in [0.1, 0.15) is 0 Å². The van der Waals surface area contributed by atoms with Crippen molar-refractivity contribution < 1.29 is 4.79 Å². The molecule has 0 aliphatic rings. The van der Waals surface area contributed by atoms with Crippen molar-refractivity contribution in [2.45, 2.75) is 26.9 Å². The Labute approximate surface area is 153 Å². The van der Waals surface area contributed by atoms with Gasteiger partial charge in [0, 0.05) is 13.1 Å². The summed E-state index contributed by atoms with van der Waals surface area (Å²) >= 11 is 12.0. The van der Waals surface area contributed by atoms with Crippen LogP contribution < -0.4 is 5.32 Å². The zero-order valence-electron chi connectivity index (χ0n) is 14.0. The van der Waals surface area contributed by atoms with Crippen molar-refractivity contribution in [1.29, 1.82) is 0 Å². The maximum absolute atomic E-state index is 12.2. The molecule has 1 amide bonds. The molecule has 0 aliphatic carbocycles. The van der Waals surface area contributed by atoms with Crippen LogP contribution in [0.5, 0.6) is 0 Å². The first kappa shape index (κ1) is 18.8. The summed E-state index contributed by atoms with van der Waals surface area (Å²) in [5.74, 6) is -0.227. The zero-order chi connectivity index (χ0) is 17.5. The van der Waals surface area contributed by atoms with Crippen molar-refractivity contribution >= 4 is 29.1 Å². The quantitative estimate of drug-likeness (QED) is 0.767. The van der Waals surface area contributed by atoms with Crippen LogP contribution in [0.25, 0.3) is 0 Å². The van der Waals surface area contributed by atoms with Gasteiger partial charge in [-0.3, -0.25) is 9.69 Å². The van der Waals surface area contributed by atoms with E-state index in [1.165, 1.54) is 5.56 Å². The molecule has 0 bridgehead atoms. The molecule has 5 heteroatoms. The fourth-order valence-corrected chi connectivity index (χ4v) is 2.81. The van der Waals surface area contributed by atoms with Crippen LogP contribution in [0.3, 0.4) is 0 Å². The van der Waals surface area contributed by atoms with Gasteiger partial charge in [-0.1, -0.05) is 67.4 Å². The number of carbonyl (C=O) groups excluding carboxylic acids is 1. The molecule has 3 nitrogen and oxygen atoms in total. The molecule has 0 spiro atoms. The Morgan fingerprint density at radius 1 is 1.00 bits per heavy atom. The standard InChI is InChI=1S/C19H22Cl2N2O/c1-3-23(4-2)13-15-10-8-14(9-11-15)12-22-19(24)16-6-5-7-17(20)18(16)21/h5-11H,3-4,12-13H2,1-2H3,(H,22,24). The predicted molar refractivity (Wildman–Crippen MR) is 101 cm³/mol. The number of carbonyl (C=O) groups is 1. The van der Waals surface area contributed by atoms with E-state index in [9.17, 15) is 4.79 Å². The number of halogens is 2. The number of benzene rings is 2. The molecule has 0 radical (unpaired) electrons. The number of hydrogen-bond acceptors (Lipinski definition) is 2. The highest BCUT2D eigenvalue weighted by Crippen LogP contribution is 2.25. The van der Waals surface area contributed by atoms with E-state index < -0.39 is 0 Å². The van der Waals surface area contributed by atoms with Crippen molar-refractivity contribution in [3.63, 3.8) is 0 Å². The van der Waals surface area contributed by atoms with E-state index in [1.54, 1.807) is 18.2 Å². The third kappa shape index (κ3) is 4.97. The van der Waals surface area contributed by atoms with Crippen LogP contribution in [0.2, 0.25) is 10.0 Å². The molecule has 0 heterocycles. The molecule has 0 unspecified atom stereocenters. The number of hydrogen-bond donors (Lipinski definition) is 1. The molecule has 0 fully saturated rings. The second-order valence-electron chi connectivity index (χ2n) is 5.56. The smallest absolute Gasteiger partial charge is 0.253 e. The Bertz CT molecular complexity index is 682. The summed E-state index contributed by atoms with van der Waals surface area (Å²) in [6.45, 7) is 7.79. The fourth-order valence-electron chi connectivity index (χ4n) is 2.42. The van der Waals surface area contributed by atoms with Crippen molar-refractivity contribution in [3.8, 4) is 0 Å². The van der Waals surface area contributed by atoms with Gasteiger partial charge in [-0.15, -0.1) is 0 Å². The minimum atomic E-state index is -0.227. The number of amides is 1. The molecular formula is C19H22Cl2N2O. The Morgan fingerprint density at radius 3 is 2.25 bits per heavy atom. The zero-order valence-corrected chi connectivity index (χ0v) is 15.5. The number of nitrogens with zero attached hydrogens (tertiary/aromatic N) is 1. The van der Waals surface area contributed by atoms with Crippen molar-refractivity contribution in [2.75, 3.05) is 13.1 Å². The summed E-state index contributed by atoms with van der Waals surface area (Å²) < 4.78 is 0. The van der Waals surface area contributed by atoms with Crippen molar-refractivity contribution in [3.05, 3.63) is 69.2 Å². The average molecular weight is 365 g/mol. The van der Waals surface area contributed by atoms with Gasteiger partial charge in [0.05, 0.1) is 15.6 Å². The van der Waals surface area contributed by atoms with Gasteiger partial charge in [0.15, 0.2) is 0 Å². The molecule has 0 aliphatic heterocycles. The van der Waals surface area contributed by atoms with Crippen molar-refractivity contribution in [1.82, 2.24) is 10.2 Å². The highest BCUT2D eigenvalue weighted by Gasteiger charge is 2.12. The molecular weight excluding hydrogens is 343 g/mol. The van der Waals surface area contributed by atoms with Crippen LogP contribution in [0.4, 0.5) is 0 Å². The number of nitrogens with one attached hydrogen (secondary N) is 1. The molecule has 0 saturated heterocycles. The lowest BCUT2D eigenvalue weighted by Gasteiger charge is -2.18. The van der Waals surface area contributed by atoms with E-state index >= 15 is 0 Å². The van der Waals surface area contributed by atoms with Gasteiger partial charge in [-0.25, -0.2) is 0 Å². The van der Waals surface area contributed by atoms with Gasteiger partial charge in [-0.2, -0.15) is 0 Å². The van der Waals surface area contributed by atoms with Gasteiger partial charge in [-0.05, 0) is 36.3 Å². The van der Waals surface area contributed by atoms with E-state index in [0.717, 1.165) is 25.2 Å². The third-order valence-corrected chi connectivity index (χ3v) is 4.79. The highest BCUT2D eigenvalue weighted by atomic mass is 35.5. The Balaban J connectivity index is 1.94. The van der Waals surface area contributed by atoms with Crippen LogP contribution in [-0.2, 0) is 13.1 Å². The second kappa shape index (κ2) is 9.07. The minimum Gasteiger partial charge on any atom is -0.348 e. The molecule has 0 aromatic heterocycles. The van der Waals surface area contributed by atoms with E-state index in [1.807, 2.05) is 12.1 Å². The van der Waals surface area contributed by atoms with E-state index in [4.69, 9.17) is 23.2 Å². The lowest BCUT2D eigenvalue weighted by atomic mass is 10.1. The molecule has 128 valence electrons. The molecule has 1 N–H and O–H groups in total. The van der Waals surface area contributed by atoms with Gasteiger partial charge >= 0.3 is 0 Å². The van der Waals surface area contributed by atoms with Crippen molar-refractivity contribution in [2.24, 2.45) is 0 Å². The van der Waals surface area contributed by atoms with Crippen LogP contribution in [-0.4, -0.2) is 23.9 Å². The van der Waals surface area contributed by atoms with Crippen LogP contribution in [0.1, 0.15) is 35.3 Å². The highest BCUT2D eigenvalue weighted by molar-refractivity contribution is 6.43. The maximum Gasteiger partial charge on any atom is 0.253 e. The van der Waals surface area contributed by atoms with Crippen LogP contribution in [0.15, 0.2) is 42.5 Å². The summed E-state index contributed by atoms with van der Waals surface area (Å²) in [6, 6.07) is 13.3. The molecule has 24 heavy (non-hydrogen) atoms. The van der Waals surface area contributed by atoms with E-state index in [-0.39, 0.29) is 10.9 Å². The third-order valence-electron chi connectivity index (χ3n) is 3.97. The maximum atomic E-state index is 12.2. The molecule has 2 aromatic rings. The first-order valence-corrected chi connectivity index (χ1v) is 8.83. The summed E-state index contributed by atoms with van der Waals surface area (Å²) in [5.41, 5.74) is 2.71. The van der Waals surface area contributed by atoms with E-state index in [2.05, 4.69) is 36.2 Å². The molecule has 0 atom stereocenters. The largest absolute Gasteiger partial charge is 0.348 e. The SMILES string of the molecule is CCN(CC)Cc1ccc(CNC(=O)c2cccc(Cl)c2Cl)cc1. The average Bonchev–Trinajstić information content (AvgIpc) is 2.61. The normalized spacial score (nSPS) is 10.9. The summed E-state index contributed by atoms with van der Waals surface area (Å²) in [6.07, 6.45) is 0. The number of rotatable bonds is 7. The topological polar surface area (TPSA) is 32.3 Å².